The maximum Gasteiger partial charge on any atom is 0.303 e. The molecular weight excluding hydrogens is 400 g/mol. The molecule has 0 heterocycles. The van der Waals surface area contributed by atoms with Crippen molar-refractivity contribution in [3.8, 4) is 0 Å². The van der Waals surface area contributed by atoms with Gasteiger partial charge in [0.2, 0.25) is 0 Å². The number of hydrogen-bond acceptors (Lipinski definition) is 5. The first-order chi connectivity index (χ1) is 14.8. The molecule has 31 heavy (non-hydrogen) atoms. The smallest absolute Gasteiger partial charge is 0.303 e. The van der Waals surface area contributed by atoms with Crippen LogP contribution in [0.15, 0.2) is 12.2 Å². The van der Waals surface area contributed by atoms with Gasteiger partial charge < -0.3 is 25.5 Å². The van der Waals surface area contributed by atoms with E-state index in [4.69, 9.17) is 25.5 Å². The van der Waals surface area contributed by atoms with Crippen LogP contribution in [0.25, 0.3) is 0 Å². The normalized spacial score (nSPS) is 10.4. The second-order valence-electron chi connectivity index (χ2n) is 7.49. The molecular formula is C24H48O7. The highest BCUT2D eigenvalue weighted by molar-refractivity contribution is 5.66. The monoisotopic (exact) mass is 448 g/mol. The molecule has 0 aliphatic carbocycles. The van der Waals surface area contributed by atoms with E-state index in [-0.39, 0.29) is 19.6 Å². The zero-order chi connectivity index (χ0) is 24.2. The molecule has 0 aromatic carbocycles. The molecule has 0 aliphatic heterocycles. The molecule has 0 fully saturated rings. The summed E-state index contributed by atoms with van der Waals surface area (Å²) in [4.78, 5) is 19.7. The lowest BCUT2D eigenvalue weighted by molar-refractivity contribution is -0.137. The fourth-order valence-corrected chi connectivity index (χ4v) is 2.40. The molecule has 0 aromatic heterocycles. The molecule has 0 saturated heterocycles. The number of aliphatic hydroxyl groups is 3. The molecule has 0 unspecified atom stereocenters. The Morgan fingerprint density at radius 3 is 1.39 bits per heavy atom. The summed E-state index contributed by atoms with van der Waals surface area (Å²) in [5.74, 6) is -1.41. The van der Waals surface area contributed by atoms with Gasteiger partial charge in [-0.2, -0.15) is 0 Å². The van der Waals surface area contributed by atoms with Crippen LogP contribution in [0.3, 0.4) is 0 Å². The van der Waals surface area contributed by atoms with Crippen LogP contribution in [-0.2, 0) is 9.59 Å². The van der Waals surface area contributed by atoms with E-state index in [1.165, 1.54) is 70.6 Å². The first-order valence-electron chi connectivity index (χ1n) is 11.8. The fraction of sp³-hybridized carbons (Fsp3) is 0.833. The summed E-state index contributed by atoms with van der Waals surface area (Å²) in [6.07, 6.45) is 20.5. The van der Waals surface area contributed by atoms with E-state index in [1.54, 1.807) is 6.92 Å². The highest BCUT2D eigenvalue weighted by Crippen LogP contribution is 2.09. The van der Waals surface area contributed by atoms with Gasteiger partial charge in [-0.25, -0.2) is 0 Å². The molecule has 0 saturated carbocycles. The molecule has 0 bridgehead atoms. The van der Waals surface area contributed by atoms with E-state index >= 15 is 0 Å². The minimum atomic E-state index is -0.954. The van der Waals surface area contributed by atoms with Crippen LogP contribution in [0, 0.1) is 0 Å². The third-order valence-corrected chi connectivity index (χ3v) is 4.38. The summed E-state index contributed by atoms with van der Waals surface area (Å²) in [7, 11) is 0. The zero-order valence-electron chi connectivity index (χ0n) is 19.8. The van der Waals surface area contributed by atoms with Crippen molar-refractivity contribution in [1.29, 1.82) is 0 Å². The fourth-order valence-electron chi connectivity index (χ4n) is 2.40. The van der Waals surface area contributed by atoms with Crippen LogP contribution in [-0.4, -0.2) is 56.8 Å². The van der Waals surface area contributed by atoms with Crippen molar-refractivity contribution >= 4 is 11.9 Å². The summed E-state index contributed by atoms with van der Waals surface area (Å²) in [5, 5.41) is 40.2. The van der Waals surface area contributed by atoms with E-state index < -0.39 is 18.0 Å². The number of allylic oxidation sites excluding steroid dienone is 2. The second kappa shape index (κ2) is 30.8. The number of carbonyl (C=O) groups is 2. The summed E-state index contributed by atoms with van der Waals surface area (Å²) in [6.45, 7) is 3.13. The molecule has 0 aliphatic rings. The summed E-state index contributed by atoms with van der Waals surface area (Å²) < 4.78 is 0. The largest absolute Gasteiger partial charge is 0.481 e. The lowest BCUT2D eigenvalue weighted by Gasteiger charge is -1.99. The van der Waals surface area contributed by atoms with Gasteiger partial charge in [0, 0.05) is 12.8 Å². The lowest BCUT2D eigenvalue weighted by Crippen LogP contribution is -2.15. The number of carboxylic acids is 2. The Morgan fingerprint density at radius 2 is 1.06 bits per heavy atom. The Morgan fingerprint density at radius 1 is 0.677 bits per heavy atom. The Labute approximate surface area is 189 Å². The number of unbranched alkanes of at least 4 members (excludes halogenated alkanes) is 11. The minimum absolute atomic E-state index is 0.222. The van der Waals surface area contributed by atoms with Crippen LogP contribution in [0.4, 0.5) is 0 Å². The van der Waals surface area contributed by atoms with Crippen LogP contribution in [0.2, 0.25) is 0 Å². The van der Waals surface area contributed by atoms with Crippen molar-refractivity contribution in [3.05, 3.63) is 12.2 Å². The maximum absolute atomic E-state index is 10.3. The predicted molar refractivity (Wildman–Crippen MR) is 125 cm³/mol. The van der Waals surface area contributed by atoms with Crippen LogP contribution < -0.4 is 0 Å². The third kappa shape index (κ3) is 43.3. The topological polar surface area (TPSA) is 135 Å². The van der Waals surface area contributed by atoms with Crippen molar-refractivity contribution in [1.82, 2.24) is 0 Å². The van der Waals surface area contributed by atoms with Crippen LogP contribution in [0.5, 0.6) is 0 Å². The first-order valence-corrected chi connectivity index (χ1v) is 11.8. The second-order valence-corrected chi connectivity index (χ2v) is 7.49. The third-order valence-electron chi connectivity index (χ3n) is 4.38. The number of aliphatic hydroxyl groups excluding tert-OH is 3. The molecule has 7 heteroatoms. The Hall–Kier alpha value is -1.44. The lowest BCUT2D eigenvalue weighted by atomic mass is 10.1. The average Bonchev–Trinajstić information content (AvgIpc) is 2.76. The maximum atomic E-state index is 10.3. The highest BCUT2D eigenvalue weighted by Gasteiger charge is 1.96. The van der Waals surface area contributed by atoms with E-state index in [1.807, 2.05) is 0 Å². The molecule has 0 amide bonds. The van der Waals surface area contributed by atoms with Gasteiger partial charge in [-0.05, 0) is 32.1 Å². The minimum Gasteiger partial charge on any atom is -0.481 e. The van der Waals surface area contributed by atoms with E-state index in [9.17, 15) is 9.59 Å². The van der Waals surface area contributed by atoms with Gasteiger partial charge in [0.15, 0.2) is 0 Å². The first kappa shape index (κ1) is 34.2. The average molecular weight is 449 g/mol. The van der Waals surface area contributed by atoms with Crippen molar-refractivity contribution in [2.45, 2.75) is 116 Å². The van der Waals surface area contributed by atoms with Gasteiger partial charge in [-0.1, -0.05) is 77.4 Å². The number of aliphatic carboxylic acids is 2. The Balaban J connectivity index is -0.000000583. The van der Waals surface area contributed by atoms with Crippen molar-refractivity contribution in [2.24, 2.45) is 0 Å². The predicted octanol–water partition coefficient (Wildman–Crippen LogP) is 4.92. The summed E-state index contributed by atoms with van der Waals surface area (Å²) in [6, 6.07) is 0. The Bertz CT molecular complexity index is 393. The van der Waals surface area contributed by atoms with Crippen molar-refractivity contribution in [2.75, 3.05) is 13.2 Å². The quantitative estimate of drug-likeness (QED) is 0.148. The molecule has 5 N–H and O–H groups in total. The highest BCUT2D eigenvalue weighted by atomic mass is 16.4. The van der Waals surface area contributed by atoms with Gasteiger partial charge in [0.25, 0.3) is 0 Å². The van der Waals surface area contributed by atoms with E-state index in [0.29, 0.717) is 6.42 Å². The van der Waals surface area contributed by atoms with Gasteiger partial charge in [-0.15, -0.1) is 0 Å². The molecule has 186 valence electrons. The number of carboxylic acid groups (broad SMARTS) is 2. The summed E-state index contributed by atoms with van der Waals surface area (Å²) >= 11 is 0. The number of rotatable bonds is 18. The van der Waals surface area contributed by atoms with Crippen LogP contribution >= 0.6 is 0 Å². The molecule has 0 spiro atoms. The van der Waals surface area contributed by atoms with E-state index in [2.05, 4.69) is 19.1 Å². The summed E-state index contributed by atoms with van der Waals surface area (Å²) in [5.41, 5.74) is 0. The Kier molecular flexibility index (Phi) is 33.9. The van der Waals surface area contributed by atoms with Crippen molar-refractivity contribution in [3.63, 3.8) is 0 Å². The zero-order valence-corrected chi connectivity index (χ0v) is 19.8. The SMILES string of the molecule is CCC(=O)O.CCCCCCCCC=CCCCCCCCC(=O)O.OCC(O)CO. The standard InChI is InChI=1S/C18H34O2.C3H8O3.C3H6O2/c1-2-3-4-5-6-7-8-9-10-11-12-13-14-15-16-17-18(19)20;4-1-3(6)2-5;1-2-3(4)5/h9-10H,2-8,11-17H2,1H3,(H,19,20);3-6H,1-2H2;2H2,1H3,(H,4,5). The van der Waals surface area contributed by atoms with Gasteiger partial charge in [0.05, 0.1) is 13.2 Å². The number of hydrogen-bond donors (Lipinski definition) is 5. The molecule has 7 nitrogen and oxygen atoms in total. The molecule has 0 atom stereocenters. The van der Waals surface area contributed by atoms with E-state index in [0.717, 1.165) is 12.8 Å². The van der Waals surface area contributed by atoms with Crippen molar-refractivity contribution < 1.29 is 35.1 Å². The van der Waals surface area contributed by atoms with Gasteiger partial charge >= 0.3 is 11.9 Å². The molecule has 0 rings (SSSR count). The molecule has 0 radical (unpaired) electrons. The van der Waals surface area contributed by atoms with Crippen LogP contribution in [0.1, 0.15) is 110 Å². The molecule has 0 aromatic rings. The van der Waals surface area contributed by atoms with Gasteiger partial charge in [-0.3, -0.25) is 9.59 Å². The van der Waals surface area contributed by atoms with Gasteiger partial charge in [0.1, 0.15) is 6.10 Å².